The van der Waals surface area contributed by atoms with Crippen molar-refractivity contribution in [1.82, 2.24) is 9.97 Å². The van der Waals surface area contributed by atoms with Crippen molar-refractivity contribution >= 4 is 34.3 Å². The standard InChI is InChI=1S/C11H11ClN2OS/c12-11-13-9-5-2-1-4-8(9)10(14-11)16-7-3-6-15/h1-2,4-5,15H,3,6-7H2. The molecular formula is C11H11ClN2OS. The van der Waals surface area contributed by atoms with Crippen LogP contribution in [0, 0.1) is 0 Å². The second-order valence-electron chi connectivity index (χ2n) is 3.24. The molecule has 1 heterocycles. The number of rotatable bonds is 4. The van der Waals surface area contributed by atoms with E-state index in [1.165, 1.54) is 0 Å². The Balaban J connectivity index is 2.34. The summed E-state index contributed by atoms with van der Waals surface area (Å²) in [7, 11) is 0. The minimum atomic E-state index is 0.198. The summed E-state index contributed by atoms with van der Waals surface area (Å²) in [6, 6.07) is 7.77. The molecule has 3 nitrogen and oxygen atoms in total. The molecule has 16 heavy (non-hydrogen) atoms. The number of nitrogens with zero attached hydrogens (tertiary/aromatic N) is 2. The number of aromatic nitrogens is 2. The number of aliphatic hydroxyl groups excluding tert-OH is 1. The molecule has 84 valence electrons. The van der Waals surface area contributed by atoms with Crippen molar-refractivity contribution in [2.75, 3.05) is 12.4 Å². The Morgan fingerprint density at radius 3 is 2.88 bits per heavy atom. The van der Waals surface area contributed by atoms with E-state index in [-0.39, 0.29) is 11.9 Å². The molecule has 2 rings (SSSR count). The van der Waals surface area contributed by atoms with Crippen LogP contribution in [-0.2, 0) is 0 Å². The lowest BCUT2D eigenvalue weighted by atomic mass is 10.2. The third kappa shape index (κ3) is 2.64. The van der Waals surface area contributed by atoms with Crippen molar-refractivity contribution in [2.24, 2.45) is 0 Å². The largest absolute Gasteiger partial charge is 0.396 e. The van der Waals surface area contributed by atoms with Crippen LogP contribution >= 0.6 is 23.4 Å². The first-order valence-electron chi connectivity index (χ1n) is 4.97. The topological polar surface area (TPSA) is 46.0 Å². The van der Waals surface area contributed by atoms with Gasteiger partial charge in [-0.25, -0.2) is 9.97 Å². The Labute approximate surface area is 103 Å². The fourth-order valence-electron chi connectivity index (χ4n) is 1.36. The molecule has 0 aliphatic rings. The normalized spacial score (nSPS) is 10.9. The zero-order valence-corrected chi connectivity index (χ0v) is 10.1. The fraction of sp³-hybridized carbons (Fsp3) is 0.273. The Morgan fingerprint density at radius 2 is 2.06 bits per heavy atom. The summed E-state index contributed by atoms with van der Waals surface area (Å²) in [6.45, 7) is 0.198. The van der Waals surface area contributed by atoms with Gasteiger partial charge in [0.25, 0.3) is 0 Å². The van der Waals surface area contributed by atoms with E-state index >= 15 is 0 Å². The van der Waals surface area contributed by atoms with Crippen LogP contribution in [0.4, 0.5) is 0 Å². The van der Waals surface area contributed by atoms with Gasteiger partial charge in [0.15, 0.2) is 0 Å². The minimum Gasteiger partial charge on any atom is -0.396 e. The van der Waals surface area contributed by atoms with Crippen molar-refractivity contribution in [3.63, 3.8) is 0 Å². The smallest absolute Gasteiger partial charge is 0.224 e. The fourth-order valence-corrected chi connectivity index (χ4v) is 2.54. The molecule has 0 atom stereocenters. The predicted molar refractivity (Wildman–Crippen MR) is 67.0 cm³/mol. The van der Waals surface area contributed by atoms with Crippen LogP contribution in [0.2, 0.25) is 5.28 Å². The maximum Gasteiger partial charge on any atom is 0.224 e. The van der Waals surface area contributed by atoms with Gasteiger partial charge in [0, 0.05) is 17.7 Å². The summed E-state index contributed by atoms with van der Waals surface area (Å²) in [5, 5.41) is 10.9. The zero-order chi connectivity index (χ0) is 11.4. The molecule has 5 heteroatoms. The number of halogens is 1. The first kappa shape index (κ1) is 11.6. The van der Waals surface area contributed by atoms with Crippen molar-refractivity contribution in [2.45, 2.75) is 11.4 Å². The van der Waals surface area contributed by atoms with Gasteiger partial charge in [0.05, 0.1) is 5.52 Å². The van der Waals surface area contributed by atoms with E-state index in [0.29, 0.717) is 0 Å². The van der Waals surface area contributed by atoms with E-state index in [0.717, 1.165) is 28.1 Å². The van der Waals surface area contributed by atoms with Gasteiger partial charge in [-0.2, -0.15) is 0 Å². The minimum absolute atomic E-state index is 0.198. The van der Waals surface area contributed by atoms with Crippen LogP contribution in [0.5, 0.6) is 0 Å². The van der Waals surface area contributed by atoms with Gasteiger partial charge in [-0.1, -0.05) is 18.2 Å². The van der Waals surface area contributed by atoms with Crippen LogP contribution in [0.3, 0.4) is 0 Å². The monoisotopic (exact) mass is 254 g/mol. The predicted octanol–water partition coefficient (Wildman–Crippen LogP) is 2.76. The summed E-state index contributed by atoms with van der Waals surface area (Å²) in [5.41, 5.74) is 0.856. The highest BCUT2D eigenvalue weighted by atomic mass is 35.5. The molecular weight excluding hydrogens is 244 g/mol. The summed E-state index contributed by atoms with van der Waals surface area (Å²) in [4.78, 5) is 8.36. The van der Waals surface area contributed by atoms with Gasteiger partial charge in [0.2, 0.25) is 5.28 Å². The number of fused-ring (bicyclic) bond motifs is 1. The number of hydrogen-bond donors (Lipinski definition) is 1. The lowest BCUT2D eigenvalue weighted by Gasteiger charge is -2.04. The van der Waals surface area contributed by atoms with Crippen LogP contribution in [0.25, 0.3) is 10.9 Å². The SMILES string of the molecule is OCCCSc1nc(Cl)nc2ccccc12. The molecule has 1 aromatic carbocycles. The van der Waals surface area contributed by atoms with E-state index in [4.69, 9.17) is 16.7 Å². The molecule has 0 aliphatic carbocycles. The van der Waals surface area contributed by atoms with E-state index in [2.05, 4.69) is 9.97 Å². The summed E-state index contributed by atoms with van der Waals surface area (Å²) >= 11 is 7.44. The number of thioether (sulfide) groups is 1. The highest BCUT2D eigenvalue weighted by molar-refractivity contribution is 7.99. The number of aliphatic hydroxyl groups is 1. The van der Waals surface area contributed by atoms with E-state index < -0.39 is 0 Å². The Hall–Kier alpha value is -0.840. The first-order chi connectivity index (χ1) is 7.81. The molecule has 1 N–H and O–H groups in total. The van der Waals surface area contributed by atoms with E-state index in [1.807, 2.05) is 24.3 Å². The molecule has 0 fully saturated rings. The van der Waals surface area contributed by atoms with Gasteiger partial charge in [-0.05, 0) is 24.1 Å². The average Bonchev–Trinajstić information content (AvgIpc) is 2.29. The molecule has 2 aromatic rings. The summed E-state index contributed by atoms with van der Waals surface area (Å²) < 4.78 is 0. The van der Waals surface area contributed by atoms with Gasteiger partial charge in [-0.15, -0.1) is 11.8 Å². The third-order valence-electron chi connectivity index (χ3n) is 2.08. The second kappa shape index (κ2) is 5.48. The molecule has 1 aromatic heterocycles. The van der Waals surface area contributed by atoms with Crippen molar-refractivity contribution in [3.05, 3.63) is 29.5 Å². The zero-order valence-electron chi connectivity index (χ0n) is 8.56. The van der Waals surface area contributed by atoms with Gasteiger partial charge >= 0.3 is 0 Å². The van der Waals surface area contributed by atoms with Gasteiger partial charge in [0.1, 0.15) is 5.03 Å². The lowest BCUT2D eigenvalue weighted by Crippen LogP contribution is -1.91. The van der Waals surface area contributed by atoms with Crippen LogP contribution in [0.15, 0.2) is 29.3 Å². The molecule has 0 bridgehead atoms. The molecule has 0 saturated heterocycles. The molecule has 0 spiro atoms. The average molecular weight is 255 g/mol. The Morgan fingerprint density at radius 1 is 1.25 bits per heavy atom. The van der Waals surface area contributed by atoms with Crippen LogP contribution < -0.4 is 0 Å². The first-order valence-corrected chi connectivity index (χ1v) is 6.33. The molecule has 0 aliphatic heterocycles. The van der Waals surface area contributed by atoms with Crippen molar-refractivity contribution < 1.29 is 5.11 Å². The lowest BCUT2D eigenvalue weighted by molar-refractivity contribution is 0.296. The molecule has 0 saturated carbocycles. The quantitative estimate of drug-likeness (QED) is 0.394. The maximum absolute atomic E-state index is 8.74. The molecule has 0 radical (unpaired) electrons. The third-order valence-corrected chi connectivity index (χ3v) is 3.33. The van der Waals surface area contributed by atoms with Gasteiger partial charge < -0.3 is 5.11 Å². The van der Waals surface area contributed by atoms with Crippen LogP contribution in [-0.4, -0.2) is 27.4 Å². The molecule has 0 amide bonds. The van der Waals surface area contributed by atoms with Crippen molar-refractivity contribution in [1.29, 1.82) is 0 Å². The highest BCUT2D eigenvalue weighted by Gasteiger charge is 2.06. The summed E-state index contributed by atoms with van der Waals surface area (Å²) in [5.74, 6) is 0.827. The maximum atomic E-state index is 8.74. The molecule has 0 unspecified atom stereocenters. The second-order valence-corrected chi connectivity index (χ2v) is 4.66. The van der Waals surface area contributed by atoms with Gasteiger partial charge in [-0.3, -0.25) is 0 Å². The van der Waals surface area contributed by atoms with E-state index in [1.54, 1.807) is 11.8 Å². The van der Waals surface area contributed by atoms with E-state index in [9.17, 15) is 0 Å². The van der Waals surface area contributed by atoms with Crippen LogP contribution in [0.1, 0.15) is 6.42 Å². The number of hydrogen-bond acceptors (Lipinski definition) is 4. The Bertz CT molecular complexity index is 492. The Kier molecular flexibility index (Phi) is 3.98. The highest BCUT2D eigenvalue weighted by Crippen LogP contribution is 2.26. The summed E-state index contributed by atoms with van der Waals surface area (Å²) in [6.07, 6.45) is 0.751. The number of benzene rings is 1. The van der Waals surface area contributed by atoms with Crippen molar-refractivity contribution in [3.8, 4) is 0 Å². The number of para-hydroxylation sites is 1.